The van der Waals surface area contributed by atoms with Crippen molar-refractivity contribution in [2.45, 2.75) is 37.5 Å². The average molecular weight is 483 g/mol. The van der Waals surface area contributed by atoms with Crippen LogP contribution in [0.15, 0.2) is 36.4 Å². The Morgan fingerprint density at radius 1 is 0.939 bits per heavy atom. The number of rotatable bonds is 5. The number of ether oxygens (including phenoxy) is 1. The molecule has 180 valence electrons. The van der Waals surface area contributed by atoms with Gasteiger partial charge in [0.05, 0.1) is 17.2 Å². The van der Waals surface area contributed by atoms with Crippen molar-refractivity contribution in [3.05, 3.63) is 70.3 Å². The van der Waals surface area contributed by atoms with Crippen molar-refractivity contribution in [1.29, 1.82) is 0 Å². The van der Waals surface area contributed by atoms with Gasteiger partial charge >= 0.3 is 12.4 Å². The Morgan fingerprint density at radius 3 is 2.06 bits per heavy atom. The molecule has 2 aromatic carbocycles. The molecule has 1 saturated heterocycles. The molecule has 0 spiro atoms. The molecule has 0 saturated carbocycles. The summed E-state index contributed by atoms with van der Waals surface area (Å²) in [5.74, 6) is -3.32. The molecule has 12 heteroatoms. The highest BCUT2D eigenvalue weighted by molar-refractivity contribution is 5.83. The van der Waals surface area contributed by atoms with Gasteiger partial charge in [-0.25, -0.2) is 8.78 Å². The number of aliphatic hydroxyl groups excluding tert-OH is 1. The average Bonchev–Trinajstić information content (AvgIpc) is 2.71. The number of amides is 1. The summed E-state index contributed by atoms with van der Waals surface area (Å²) in [4.78, 5) is 13.9. The number of hydrogen-bond donors (Lipinski definition) is 1. The fourth-order valence-corrected chi connectivity index (χ4v) is 3.47. The van der Waals surface area contributed by atoms with Gasteiger partial charge in [-0.05, 0) is 47.9 Å². The van der Waals surface area contributed by atoms with E-state index in [4.69, 9.17) is 4.74 Å². The highest BCUT2D eigenvalue weighted by Crippen LogP contribution is 2.37. The molecule has 0 radical (unpaired) electrons. The fourth-order valence-electron chi connectivity index (χ4n) is 3.47. The van der Waals surface area contributed by atoms with Crippen LogP contribution in [-0.2, 0) is 28.4 Å². The number of nitrogens with zero attached hydrogens (tertiary/aromatic N) is 1. The lowest BCUT2D eigenvalue weighted by Gasteiger charge is -2.38. The van der Waals surface area contributed by atoms with Crippen LogP contribution in [0, 0.1) is 11.6 Å². The first-order valence-corrected chi connectivity index (χ1v) is 9.58. The van der Waals surface area contributed by atoms with Gasteiger partial charge in [0, 0.05) is 19.7 Å². The van der Waals surface area contributed by atoms with Crippen LogP contribution in [0.2, 0.25) is 0 Å². The van der Waals surface area contributed by atoms with Crippen LogP contribution in [0.1, 0.15) is 34.8 Å². The van der Waals surface area contributed by atoms with E-state index in [1.807, 2.05) is 0 Å². The van der Waals surface area contributed by atoms with Gasteiger partial charge in [0.25, 0.3) is 5.91 Å². The van der Waals surface area contributed by atoms with Crippen LogP contribution in [-0.4, -0.2) is 35.2 Å². The van der Waals surface area contributed by atoms with Crippen molar-refractivity contribution in [2.24, 2.45) is 0 Å². The molecule has 1 aliphatic rings. The number of benzene rings is 2. The number of hydrogen-bond acceptors (Lipinski definition) is 3. The zero-order valence-electron chi connectivity index (χ0n) is 16.7. The van der Waals surface area contributed by atoms with Crippen molar-refractivity contribution in [1.82, 2.24) is 4.90 Å². The second-order valence-corrected chi connectivity index (χ2v) is 7.46. The van der Waals surface area contributed by atoms with E-state index in [1.54, 1.807) is 0 Å². The molecular formula is C21H17F8NO3. The first-order chi connectivity index (χ1) is 15.3. The molecular weight excluding hydrogens is 466 g/mol. The molecule has 1 aliphatic heterocycles. The minimum Gasteiger partial charge on any atom is -0.396 e. The lowest BCUT2D eigenvalue weighted by Crippen LogP contribution is -2.48. The number of alkyl halides is 6. The van der Waals surface area contributed by atoms with Gasteiger partial charge in [-0.3, -0.25) is 4.79 Å². The molecule has 1 amide bonds. The summed E-state index contributed by atoms with van der Waals surface area (Å²) in [5, 5.41) is 9.21. The predicted octanol–water partition coefficient (Wildman–Crippen LogP) is 4.85. The molecule has 1 N–H and O–H groups in total. The van der Waals surface area contributed by atoms with Crippen molar-refractivity contribution in [3.63, 3.8) is 0 Å². The van der Waals surface area contributed by atoms with Crippen LogP contribution < -0.4 is 0 Å². The van der Waals surface area contributed by atoms with Crippen LogP contribution >= 0.6 is 0 Å². The lowest BCUT2D eigenvalue weighted by atomic mass is 10.0. The Balaban J connectivity index is 1.97. The monoisotopic (exact) mass is 483 g/mol. The van der Waals surface area contributed by atoms with E-state index >= 15 is 0 Å². The van der Waals surface area contributed by atoms with E-state index in [0.29, 0.717) is 18.2 Å². The number of carbonyl (C=O) groups is 1. The summed E-state index contributed by atoms with van der Waals surface area (Å²) in [6, 6.07) is 3.53. The Bertz CT molecular complexity index is 989. The molecule has 2 unspecified atom stereocenters. The van der Waals surface area contributed by atoms with Crippen molar-refractivity contribution < 1.29 is 49.8 Å². The normalized spacial score (nSPS) is 19.8. The molecule has 0 aliphatic carbocycles. The van der Waals surface area contributed by atoms with E-state index in [-0.39, 0.29) is 31.2 Å². The summed E-state index contributed by atoms with van der Waals surface area (Å²) >= 11 is 0. The molecule has 0 bridgehead atoms. The summed E-state index contributed by atoms with van der Waals surface area (Å²) in [5.41, 5.74) is -3.58. The van der Waals surface area contributed by atoms with E-state index < -0.39 is 65.3 Å². The highest BCUT2D eigenvalue weighted by atomic mass is 19.4. The molecule has 0 aromatic heterocycles. The summed E-state index contributed by atoms with van der Waals surface area (Å²) in [6.45, 7) is -1.26. The van der Waals surface area contributed by atoms with Gasteiger partial charge < -0.3 is 14.7 Å². The quantitative estimate of drug-likeness (QED) is 0.619. The highest BCUT2D eigenvalue weighted by Gasteiger charge is 2.39. The number of morpholine rings is 1. The van der Waals surface area contributed by atoms with E-state index in [2.05, 4.69) is 0 Å². The number of carbonyl (C=O) groups excluding carboxylic acids is 1. The smallest absolute Gasteiger partial charge is 0.396 e. The Labute approximate surface area is 182 Å². The van der Waals surface area contributed by atoms with Gasteiger partial charge in [0.15, 0.2) is 17.7 Å². The standard InChI is InChI=1S/C21H17F8NO3/c22-16-2-1-12(7-17(16)23)18-19(32)30(10-15(33-18)3-4-31)9-11-5-13(20(24,25)26)8-14(6-11)21(27,28)29/h1-2,5-8,15,18,31H,3-4,9-10H2. The Morgan fingerprint density at radius 2 is 1.55 bits per heavy atom. The van der Waals surface area contributed by atoms with Gasteiger partial charge in [-0.1, -0.05) is 6.07 Å². The third kappa shape index (κ3) is 5.80. The molecule has 2 aromatic rings. The second-order valence-electron chi connectivity index (χ2n) is 7.46. The molecule has 2 atom stereocenters. The van der Waals surface area contributed by atoms with Crippen molar-refractivity contribution in [2.75, 3.05) is 13.2 Å². The maximum atomic E-state index is 13.7. The molecule has 33 heavy (non-hydrogen) atoms. The van der Waals surface area contributed by atoms with E-state index in [9.17, 15) is 45.0 Å². The van der Waals surface area contributed by atoms with E-state index in [0.717, 1.165) is 17.0 Å². The van der Waals surface area contributed by atoms with Crippen molar-refractivity contribution >= 4 is 5.91 Å². The predicted molar refractivity (Wildman–Crippen MR) is 97.5 cm³/mol. The summed E-state index contributed by atoms with van der Waals surface area (Å²) in [7, 11) is 0. The SMILES string of the molecule is O=C1C(c2ccc(F)c(F)c2)OC(CCO)CN1Cc1cc(C(F)(F)F)cc(C(F)(F)F)c1. The first kappa shape index (κ1) is 24.9. The zero-order chi connectivity index (χ0) is 24.6. The summed E-state index contributed by atoms with van der Waals surface area (Å²) < 4.78 is 111. The minimum absolute atomic E-state index is 0.0135. The van der Waals surface area contributed by atoms with Gasteiger partial charge in [0.1, 0.15) is 0 Å². The maximum absolute atomic E-state index is 13.7. The zero-order valence-corrected chi connectivity index (χ0v) is 16.7. The Kier molecular flexibility index (Phi) is 6.99. The minimum atomic E-state index is -5.06. The largest absolute Gasteiger partial charge is 0.416 e. The molecule has 4 nitrogen and oxygen atoms in total. The van der Waals surface area contributed by atoms with Crippen LogP contribution in [0.5, 0.6) is 0 Å². The second kappa shape index (κ2) is 9.26. The van der Waals surface area contributed by atoms with Crippen LogP contribution in [0.25, 0.3) is 0 Å². The molecule has 1 heterocycles. The number of halogens is 8. The van der Waals surface area contributed by atoms with Crippen LogP contribution in [0.3, 0.4) is 0 Å². The molecule has 3 rings (SSSR count). The van der Waals surface area contributed by atoms with Crippen molar-refractivity contribution in [3.8, 4) is 0 Å². The fraction of sp³-hybridized carbons (Fsp3) is 0.381. The van der Waals surface area contributed by atoms with Gasteiger partial charge in [0.2, 0.25) is 0 Å². The third-order valence-electron chi connectivity index (χ3n) is 5.01. The summed E-state index contributed by atoms with van der Waals surface area (Å²) in [6.07, 6.45) is -12.5. The third-order valence-corrected chi connectivity index (χ3v) is 5.01. The molecule has 1 fully saturated rings. The van der Waals surface area contributed by atoms with Gasteiger partial charge in [-0.2, -0.15) is 26.3 Å². The topological polar surface area (TPSA) is 49.8 Å². The lowest BCUT2D eigenvalue weighted by molar-refractivity contribution is -0.165. The Hall–Kier alpha value is -2.73. The maximum Gasteiger partial charge on any atom is 0.416 e. The number of aliphatic hydroxyl groups is 1. The van der Waals surface area contributed by atoms with Crippen LogP contribution in [0.4, 0.5) is 35.1 Å². The van der Waals surface area contributed by atoms with E-state index in [1.165, 1.54) is 0 Å². The first-order valence-electron chi connectivity index (χ1n) is 9.58. The van der Waals surface area contributed by atoms with Gasteiger partial charge in [-0.15, -0.1) is 0 Å².